The van der Waals surface area contributed by atoms with E-state index in [2.05, 4.69) is 36.9 Å². The summed E-state index contributed by atoms with van der Waals surface area (Å²) in [6, 6.07) is 4.33. The second-order valence-corrected chi connectivity index (χ2v) is 17.5. The van der Waals surface area contributed by atoms with Crippen LogP contribution in [0.3, 0.4) is 0 Å². The monoisotopic (exact) mass is 949 g/mol. The molecule has 1 heterocycles. The van der Waals surface area contributed by atoms with Gasteiger partial charge >= 0.3 is 6.03 Å². The number of aromatic hydroxyl groups is 2. The molecule has 2 aromatic carbocycles. The van der Waals surface area contributed by atoms with E-state index < -0.39 is 83.6 Å². The second-order valence-electron chi connectivity index (χ2n) is 17.5. The molecule has 1 aliphatic carbocycles. The van der Waals surface area contributed by atoms with Crippen molar-refractivity contribution in [1.82, 2.24) is 36.8 Å². The number of phenolic OH excluding ortho intramolecular Hbond substituents is 2. The van der Waals surface area contributed by atoms with Crippen molar-refractivity contribution in [2.75, 3.05) is 19.6 Å². The Hall–Kier alpha value is -7.13. The lowest BCUT2D eigenvalue weighted by Crippen LogP contribution is -2.60. The molecule has 372 valence electrons. The number of primary amides is 2. The fourth-order valence-electron chi connectivity index (χ4n) is 8.54. The molecule has 0 unspecified atom stereocenters. The van der Waals surface area contributed by atoms with Gasteiger partial charge in [-0.15, -0.1) is 0 Å². The van der Waals surface area contributed by atoms with E-state index in [-0.39, 0.29) is 88.0 Å². The number of nitrogens with one attached hydrogen (secondary N) is 6. The quantitative estimate of drug-likeness (QED) is 0.0333. The van der Waals surface area contributed by atoms with Crippen LogP contribution in [0, 0.1) is 5.92 Å². The van der Waals surface area contributed by atoms with E-state index in [1.807, 2.05) is 0 Å². The molecule has 2 aromatic rings. The van der Waals surface area contributed by atoms with Crippen LogP contribution in [0.4, 0.5) is 4.79 Å². The maximum Gasteiger partial charge on any atom is 0.312 e. The Morgan fingerprint density at radius 3 is 1.72 bits per heavy atom. The second kappa shape index (κ2) is 26.9. The first-order chi connectivity index (χ1) is 32.4. The van der Waals surface area contributed by atoms with Crippen LogP contribution in [0.2, 0.25) is 0 Å². The van der Waals surface area contributed by atoms with E-state index in [9.17, 15) is 48.6 Å². The van der Waals surface area contributed by atoms with Gasteiger partial charge in [-0.05, 0) is 86.3 Å². The first kappa shape index (κ1) is 53.5. The number of guanidine groups is 1. The molecule has 22 heteroatoms. The third kappa shape index (κ3) is 17.9. The highest BCUT2D eigenvalue weighted by atomic mass is 16.3. The fourth-order valence-corrected chi connectivity index (χ4v) is 8.54. The summed E-state index contributed by atoms with van der Waals surface area (Å²) in [6.45, 7) is 1.65. The molecule has 2 fully saturated rings. The van der Waals surface area contributed by atoms with E-state index in [4.69, 9.17) is 22.9 Å². The molecule has 4 rings (SSSR count). The number of rotatable bonds is 25. The molecule has 2 aliphatic rings. The maximum atomic E-state index is 14.8. The number of urea groups is 1. The Morgan fingerprint density at radius 1 is 0.647 bits per heavy atom. The van der Waals surface area contributed by atoms with E-state index in [0.29, 0.717) is 24.0 Å². The van der Waals surface area contributed by atoms with Crippen LogP contribution >= 0.6 is 0 Å². The highest BCUT2D eigenvalue weighted by molar-refractivity contribution is 5.97. The number of hydrogen-bond acceptors (Lipinski definition) is 11. The Bertz CT molecular complexity index is 2080. The average molecular weight is 949 g/mol. The third-order valence-corrected chi connectivity index (χ3v) is 12.0. The minimum absolute atomic E-state index is 0.000298. The van der Waals surface area contributed by atoms with Gasteiger partial charge < -0.3 is 69.9 Å². The van der Waals surface area contributed by atoms with Crippen LogP contribution in [-0.4, -0.2) is 124 Å². The predicted molar refractivity (Wildman–Crippen MR) is 251 cm³/mol. The zero-order chi connectivity index (χ0) is 49.8. The normalized spacial score (nSPS) is 17.0. The highest BCUT2D eigenvalue weighted by Gasteiger charge is 2.41. The van der Waals surface area contributed by atoms with Crippen LogP contribution in [0.25, 0.3) is 0 Å². The smallest absolute Gasteiger partial charge is 0.312 e. The van der Waals surface area contributed by atoms with Gasteiger partial charge in [-0.2, -0.15) is 0 Å². The standard InChI is InChI=1S/C46H68N12O10/c1-27(59)53-35(24-29-13-17-31(60)18-14-29)41(64)55-34(11-6-22-52-46(50)68)40(63)57-37(26-28-8-3-2-4-9-28)44(67)58-23-7-12-38(58)43(66)56-36(25-30-15-19-32(61)20-16-30)42(65)54-33(39(47)62)10-5-21-51-45(48)49/h13-20,28,33-38,60-61H,2-12,21-26H2,1H3,(H2,47,62)(H,53,59)(H,54,65)(H,55,64)(H,56,66)(H,57,63)(H4,48,49,51)(H3,50,52,68)/t33-,34-,35-,36+,37-,38+/m0/s1. The minimum Gasteiger partial charge on any atom is -0.508 e. The molecule has 6 atom stereocenters. The zero-order valence-corrected chi connectivity index (χ0v) is 38.5. The molecule has 0 spiro atoms. The summed E-state index contributed by atoms with van der Waals surface area (Å²) in [5.41, 5.74) is 22.9. The summed E-state index contributed by atoms with van der Waals surface area (Å²) in [5, 5.41) is 35.8. The number of carbonyl (C=O) groups excluding carboxylic acids is 8. The lowest BCUT2D eigenvalue weighted by Gasteiger charge is -2.33. The number of benzene rings is 2. The lowest BCUT2D eigenvalue weighted by molar-refractivity contribution is -0.143. The van der Waals surface area contributed by atoms with E-state index >= 15 is 0 Å². The van der Waals surface area contributed by atoms with Crippen molar-refractivity contribution in [1.29, 1.82) is 0 Å². The summed E-state index contributed by atoms with van der Waals surface area (Å²) in [4.78, 5) is 113. The number of likely N-dealkylation sites (tertiary alicyclic amines) is 1. The van der Waals surface area contributed by atoms with Gasteiger partial charge in [-0.25, -0.2) is 4.79 Å². The van der Waals surface area contributed by atoms with E-state index in [0.717, 1.165) is 32.1 Å². The Morgan fingerprint density at radius 2 is 1.18 bits per heavy atom. The van der Waals surface area contributed by atoms with Crippen molar-refractivity contribution in [2.45, 2.75) is 133 Å². The Labute approximate surface area is 395 Å². The number of nitrogens with two attached hydrogens (primary N) is 4. The summed E-state index contributed by atoms with van der Waals surface area (Å²) in [6.07, 6.45) is 5.99. The largest absolute Gasteiger partial charge is 0.508 e. The van der Waals surface area contributed by atoms with Crippen LogP contribution in [-0.2, 0) is 46.4 Å². The van der Waals surface area contributed by atoms with Gasteiger partial charge in [-0.3, -0.25) is 38.6 Å². The van der Waals surface area contributed by atoms with Crippen molar-refractivity contribution in [3.05, 3.63) is 59.7 Å². The van der Waals surface area contributed by atoms with Gasteiger partial charge in [0, 0.05) is 39.4 Å². The van der Waals surface area contributed by atoms with Crippen molar-refractivity contribution < 1.29 is 48.6 Å². The van der Waals surface area contributed by atoms with Gasteiger partial charge in [0.2, 0.25) is 41.4 Å². The van der Waals surface area contributed by atoms with Crippen molar-refractivity contribution in [3.63, 3.8) is 0 Å². The molecular formula is C46H68N12O10. The first-order valence-corrected chi connectivity index (χ1v) is 23.1. The summed E-state index contributed by atoms with van der Waals surface area (Å²) < 4.78 is 0. The van der Waals surface area contributed by atoms with Gasteiger partial charge in [0.05, 0.1) is 0 Å². The van der Waals surface area contributed by atoms with Crippen molar-refractivity contribution >= 4 is 53.3 Å². The SMILES string of the molecule is CC(=O)N[C@@H](Cc1ccc(O)cc1)C(=O)N[C@@H](CCCNC(N)=O)C(=O)N[C@@H](CC1CCCCC1)C(=O)N1CCC[C@@H]1C(=O)N[C@H](Cc1ccc(O)cc1)C(=O)N[C@@H](CCCN=C(N)N)C(N)=O. The number of phenols is 2. The molecule has 68 heavy (non-hydrogen) atoms. The van der Waals surface area contributed by atoms with Gasteiger partial charge in [0.15, 0.2) is 5.96 Å². The molecule has 9 amide bonds. The highest BCUT2D eigenvalue weighted by Crippen LogP contribution is 2.29. The Balaban J connectivity index is 1.58. The van der Waals surface area contributed by atoms with Crippen LogP contribution in [0.15, 0.2) is 53.5 Å². The average Bonchev–Trinajstić information content (AvgIpc) is 3.79. The number of hydrogen-bond donors (Lipinski definition) is 12. The predicted octanol–water partition coefficient (Wildman–Crippen LogP) is -0.724. The van der Waals surface area contributed by atoms with Crippen LogP contribution in [0.1, 0.15) is 95.1 Å². The lowest BCUT2D eigenvalue weighted by atomic mass is 9.84. The van der Waals surface area contributed by atoms with Gasteiger partial charge in [0.25, 0.3) is 0 Å². The summed E-state index contributed by atoms with van der Waals surface area (Å²) in [5.74, 6) is -4.70. The Kier molecular flexibility index (Phi) is 21.1. The zero-order valence-electron chi connectivity index (χ0n) is 38.5. The van der Waals surface area contributed by atoms with Crippen molar-refractivity contribution in [2.24, 2.45) is 33.8 Å². The van der Waals surface area contributed by atoms with E-state index in [1.54, 1.807) is 24.3 Å². The number of aliphatic imine (C=N–C) groups is 1. The molecule has 16 N–H and O–H groups in total. The molecule has 0 aromatic heterocycles. The van der Waals surface area contributed by atoms with Gasteiger partial charge in [-0.1, -0.05) is 56.4 Å². The van der Waals surface area contributed by atoms with Crippen molar-refractivity contribution in [3.8, 4) is 11.5 Å². The summed E-state index contributed by atoms with van der Waals surface area (Å²) in [7, 11) is 0. The molecule has 1 aliphatic heterocycles. The first-order valence-electron chi connectivity index (χ1n) is 23.1. The molecule has 1 saturated carbocycles. The topological polar surface area (TPSA) is 369 Å². The van der Waals surface area contributed by atoms with Crippen LogP contribution in [0.5, 0.6) is 11.5 Å². The molecule has 0 radical (unpaired) electrons. The maximum absolute atomic E-state index is 14.8. The molecule has 0 bridgehead atoms. The molecule has 22 nitrogen and oxygen atoms in total. The number of carbonyl (C=O) groups is 8. The third-order valence-electron chi connectivity index (χ3n) is 12.0. The minimum atomic E-state index is -1.26. The molecular weight excluding hydrogens is 881 g/mol. The van der Waals surface area contributed by atoms with E-state index in [1.165, 1.54) is 36.1 Å². The van der Waals surface area contributed by atoms with Crippen LogP contribution < -0.4 is 54.8 Å². The number of amides is 9. The van der Waals surface area contributed by atoms with Gasteiger partial charge in [0.1, 0.15) is 47.8 Å². The molecule has 1 saturated heterocycles. The number of nitrogens with zero attached hydrogens (tertiary/aromatic N) is 2. The summed E-state index contributed by atoms with van der Waals surface area (Å²) >= 11 is 0. The fraction of sp³-hybridized carbons (Fsp3) is 0.543.